The van der Waals surface area contributed by atoms with Crippen LogP contribution in [0.5, 0.6) is 5.75 Å². The van der Waals surface area contributed by atoms with Gasteiger partial charge in [-0.3, -0.25) is 4.79 Å². The van der Waals surface area contributed by atoms with Crippen LogP contribution in [0.4, 0.5) is 0 Å². The Morgan fingerprint density at radius 1 is 1.15 bits per heavy atom. The second-order valence-corrected chi connectivity index (χ2v) is 6.17. The van der Waals surface area contributed by atoms with Crippen molar-refractivity contribution in [3.05, 3.63) is 54.5 Å². The van der Waals surface area contributed by atoms with Crippen LogP contribution in [0.25, 0.3) is 0 Å². The molecule has 4 nitrogen and oxygen atoms in total. The molecule has 0 bridgehead atoms. The van der Waals surface area contributed by atoms with Crippen molar-refractivity contribution in [1.29, 1.82) is 0 Å². The number of amides is 1. The van der Waals surface area contributed by atoms with Gasteiger partial charge in [-0.2, -0.15) is 0 Å². The zero-order valence-corrected chi connectivity index (χ0v) is 12.3. The number of hydrogen-bond donors (Lipinski definition) is 1. The Morgan fingerprint density at radius 3 is 2.40 bits per heavy atom. The Hall–Kier alpha value is -1.36. The zero-order valence-electron chi connectivity index (χ0n) is 10.1. The van der Waals surface area contributed by atoms with Crippen LogP contribution in [0.1, 0.15) is 10.6 Å². The van der Waals surface area contributed by atoms with E-state index in [1.807, 2.05) is 6.07 Å². The highest BCUT2D eigenvalue weighted by Gasteiger charge is 2.36. The number of rotatable bonds is 4. The standard InChI is InChI=1S/C13H10Cl3NO3/c14-13(15,16)12(20-9-5-2-1-3-6-9)17-11(18)10-7-4-8-19-10/h1-8,12H,(H,17,18). The van der Waals surface area contributed by atoms with Gasteiger partial charge in [0.15, 0.2) is 5.76 Å². The summed E-state index contributed by atoms with van der Waals surface area (Å²) in [6.45, 7) is 0. The summed E-state index contributed by atoms with van der Waals surface area (Å²) in [4.78, 5) is 11.9. The zero-order chi connectivity index (χ0) is 14.6. The van der Waals surface area contributed by atoms with Gasteiger partial charge in [0.25, 0.3) is 5.91 Å². The van der Waals surface area contributed by atoms with E-state index in [9.17, 15) is 4.79 Å². The van der Waals surface area contributed by atoms with Crippen LogP contribution in [0, 0.1) is 0 Å². The first-order chi connectivity index (χ1) is 9.47. The molecule has 0 aliphatic rings. The summed E-state index contributed by atoms with van der Waals surface area (Å²) in [5.74, 6) is 0.0201. The Balaban J connectivity index is 2.11. The summed E-state index contributed by atoms with van der Waals surface area (Å²) >= 11 is 17.4. The van der Waals surface area contributed by atoms with Crippen molar-refractivity contribution >= 4 is 40.7 Å². The average molecular weight is 335 g/mol. The maximum absolute atomic E-state index is 11.9. The highest BCUT2D eigenvalue weighted by atomic mass is 35.6. The molecule has 1 amide bonds. The largest absolute Gasteiger partial charge is 0.466 e. The summed E-state index contributed by atoms with van der Waals surface area (Å²) in [6, 6.07) is 11.8. The van der Waals surface area contributed by atoms with Crippen molar-refractivity contribution in [1.82, 2.24) is 5.32 Å². The Kier molecular flexibility index (Phi) is 4.81. The van der Waals surface area contributed by atoms with Crippen molar-refractivity contribution in [2.75, 3.05) is 0 Å². The average Bonchev–Trinajstić information content (AvgIpc) is 2.92. The second-order valence-electron chi connectivity index (χ2n) is 3.80. The number of nitrogens with one attached hydrogen (secondary N) is 1. The molecule has 7 heteroatoms. The number of carbonyl (C=O) groups is 1. The smallest absolute Gasteiger partial charge is 0.289 e. The molecular formula is C13H10Cl3NO3. The predicted octanol–water partition coefficient (Wildman–Crippen LogP) is 3.78. The van der Waals surface area contributed by atoms with Gasteiger partial charge in [0.1, 0.15) is 5.75 Å². The first kappa shape index (κ1) is 15.0. The van der Waals surface area contributed by atoms with E-state index in [0.717, 1.165) is 0 Å². The van der Waals surface area contributed by atoms with Crippen molar-refractivity contribution in [3.63, 3.8) is 0 Å². The molecule has 0 spiro atoms. The Morgan fingerprint density at radius 2 is 1.85 bits per heavy atom. The van der Waals surface area contributed by atoms with Gasteiger partial charge in [0.05, 0.1) is 6.26 Å². The van der Waals surface area contributed by atoms with Crippen LogP contribution in [0.15, 0.2) is 53.1 Å². The minimum atomic E-state index is -1.84. The van der Waals surface area contributed by atoms with Crippen molar-refractivity contribution in [2.24, 2.45) is 0 Å². The van der Waals surface area contributed by atoms with E-state index in [1.54, 1.807) is 30.3 Å². The summed E-state index contributed by atoms with van der Waals surface area (Å²) in [5.41, 5.74) is 0. The van der Waals surface area contributed by atoms with Crippen LogP contribution in [0.3, 0.4) is 0 Å². The van der Waals surface area contributed by atoms with E-state index in [-0.39, 0.29) is 5.76 Å². The SMILES string of the molecule is O=C(NC(Oc1ccccc1)C(Cl)(Cl)Cl)c1ccco1. The monoisotopic (exact) mass is 333 g/mol. The minimum absolute atomic E-state index is 0.0981. The first-order valence-corrected chi connectivity index (χ1v) is 6.73. The molecule has 2 aromatic rings. The van der Waals surface area contributed by atoms with Crippen molar-refractivity contribution in [3.8, 4) is 5.75 Å². The van der Waals surface area contributed by atoms with Crippen LogP contribution < -0.4 is 10.1 Å². The predicted molar refractivity (Wildman–Crippen MR) is 77.3 cm³/mol. The molecule has 1 heterocycles. The highest BCUT2D eigenvalue weighted by Crippen LogP contribution is 2.32. The number of halogens is 3. The van der Waals surface area contributed by atoms with Crippen LogP contribution >= 0.6 is 34.8 Å². The molecule has 1 aromatic heterocycles. The van der Waals surface area contributed by atoms with E-state index in [0.29, 0.717) is 5.75 Å². The molecule has 0 radical (unpaired) electrons. The number of benzene rings is 1. The molecular weight excluding hydrogens is 325 g/mol. The number of furan rings is 1. The van der Waals surface area contributed by atoms with Gasteiger partial charge in [-0.05, 0) is 24.3 Å². The molecule has 20 heavy (non-hydrogen) atoms. The third kappa shape index (κ3) is 4.07. The summed E-state index contributed by atoms with van der Waals surface area (Å²) < 4.78 is 8.61. The lowest BCUT2D eigenvalue weighted by Gasteiger charge is -2.25. The third-order valence-corrected chi connectivity index (χ3v) is 2.90. The summed E-state index contributed by atoms with van der Waals surface area (Å²) in [5, 5.41) is 2.46. The van der Waals surface area contributed by atoms with Gasteiger partial charge in [0, 0.05) is 0 Å². The fraction of sp³-hybridized carbons (Fsp3) is 0.154. The van der Waals surface area contributed by atoms with Gasteiger partial charge in [0.2, 0.25) is 10.0 Å². The first-order valence-electron chi connectivity index (χ1n) is 5.59. The molecule has 0 saturated carbocycles. The molecule has 0 fully saturated rings. The van der Waals surface area contributed by atoms with Crippen molar-refractivity contribution < 1.29 is 13.9 Å². The maximum atomic E-state index is 11.9. The molecule has 2 rings (SSSR count). The van der Waals surface area contributed by atoms with Crippen LogP contribution in [-0.4, -0.2) is 15.9 Å². The van der Waals surface area contributed by atoms with Gasteiger partial charge in [-0.15, -0.1) is 0 Å². The van der Waals surface area contributed by atoms with Crippen LogP contribution in [-0.2, 0) is 0 Å². The van der Waals surface area contributed by atoms with E-state index < -0.39 is 15.9 Å². The van der Waals surface area contributed by atoms with Gasteiger partial charge >= 0.3 is 0 Å². The summed E-state index contributed by atoms with van der Waals surface area (Å²) in [6.07, 6.45) is 0.213. The molecule has 1 unspecified atom stereocenters. The lowest BCUT2D eigenvalue weighted by Crippen LogP contribution is -2.47. The van der Waals surface area contributed by atoms with E-state index in [4.69, 9.17) is 44.0 Å². The van der Waals surface area contributed by atoms with Crippen molar-refractivity contribution in [2.45, 2.75) is 10.0 Å². The molecule has 1 aromatic carbocycles. The van der Waals surface area contributed by atoms with Crippen LogP contribution in [0.2, 0.25) is 0 Å². The molecule has 0 aliphatic heterocycles. The second kappa shape index (κ2) is 6.39. The number of ether oxygens (including phenoxy) is 1. The van der Waals surface area contributed by atoms with E-state index >= 15 is 0 Å². The number of hydrogen-bond acceptors (Lipinski definition) is 3. The molecule has 0 saturated heterocycles. The normalized spacial score (nSPS) is 12.8. The van der Waals surface area contributed by atoms with Gasteiger partial charge < -0.3 is 14.5 Å². The molecule has 106 valence electrons. The van der Waals surface area contributed by atoms with E-state index in [2.05, 4.69) is 5.32 Å². The third-order valence-electron chi connectivity index (χ3n) is 2.30. The number of carbonyl (C=O) groups excluding carboxylic acids is 1. The fourth-order valence-electron chi connectivity index (χ4n) is 1.41. The summed E-state index contributed by atoms with van der Waals surface area (Å²) in [7, 11) is 0. The number of para-hydroxylation sites is 1. The topological polar surface area (TPSA) is 51.5 Å². The lowest BCUT2D eigenvalue weighted by atomic mass is 10.3. The Labute approximate surface area is 130 Å². The lowest BCUT2D eigenvalue weighted by molar-refractivity contribution is 0.0805. The minimum Gasteiger partial charge on any atom is -0.466 e. The van der Waals surface area contributed by atoms with Gasteiger partial charge in [-0.25, -0.2) is 0 Å². The molecule has 1 atom stereocenters. The maximum Gasteiger partial charge on any atom is 0.289 e. The number of alkyl halides is 3. The fourth-order valence-corrected chi connectivity index (χ4v) is 1.71. The van der Waals surface area contributed by atoms with Gasteiger partial charge in [-0.1, -0.05) is 53.0 Å². The molecule has 0 aliphatic carbocycles. The highest BCUT2D eigenvalue weighted by molar-refractivity contribution is 6.68. The quantitative estimate of drug-likeness (QED) is 0.684. The Bertz CT molecular complexity index is 552. The molecule has 1 N–H and O–H groups in total. The van der Waals surface area contributed by atoms with E-state index in [1.165, 1.54) is 12.3 Å².